The van der Waals surface area contributed by atoms with Gasteiger partial charge in [0, 0.05) is 26.1 Å². The van der Waals surface area contributed by atoms with E-state index in [0.717, 1.165) is 29.7 Å². The number of imidazole rings is 1. The molecule has 1 aliphatic rings. The molecule has 0 unspecified atom stereocenters. The Hall–Kier alpha value is -2.57. The van der Waals surface area contributed by atoms with Gasteiger partial charge in [-0.15, -0.1) is 0 Å². The van der Waals surface area contributed by atoms with E-state index in [0.29, 0.717) is 26.1 Å². The molecule has 0 radical (unpaired) electrons. The number of likely N-dealkylation sites (tertiary alicyclic amines) is 1. The topological polar surface area (TPSA) is 104 Å². The molecule has 1 saturated heterocycles. The summed E-state index contributed by atoms with van der Waals surface area (Å²) < 4.78 is 0. The molecule has 1 aliphatic heterocycles. The van der Waals surface area contributed by atoms with Gasteiger partial charge in [-0.1, -0.05) is 0 Å². The SMILES string of the molecule is Cc1cc2nc(CCNC(=O)[C@H]3CCCN(C(N)=O)C3)[nH]c2cc1C. The molecular weight excluding hydrogens is 318 g/mol. The Balaban J connectivity index is 1.54. The Labute approximate surface area is 147 Å². The molecule has 134 valence electrons. The van der Waals surface area contributed by atoms with Crippen LogP contribution in [0.3, 0.4) is 0 Å². The maximum atomic E-state index is 12.3. The smallest absolute Gasteiger partial charge is 0.314 e. The first-order valence-electron chi connectivity index (χ1n) is 8.72. The number of aromatic amines is 1. The summed E-state index contributed by atoms with van der Waals surface area (Å²) in [5.74, 6) is 0.665. The molecule has 3 rings (SSSR count). The number of rotatable bonds is 4. The predicted octanol–water partition coefficient (Wildman–Crippen LogP) is 1.63. The fraction of sp³-hybridized carbons (Fsp3) is 0.500. The number of aryl methyl sites for hydroxylation is 2. The van der Waals surface area contributed by atoms with E-state index in [1.807, 2.05) is 0 Å². The highest BCUT2D eigenvalue weighted by molar-refractivity contribution is 5.80. The van der Waals surface area contributed by atoms with Crippen LogP contribution in [-0.4, -0.2) is 46.4 Å². The number of H-pyrrole nitrogens is 1. The van der Waals surface area contributed by atoms with Gasteiger partial charge in [-0.05, 0) is 49.9 Å². The summed E-state index contributed by atoms with van der Waals surface area (Å²) >= 11 is 0. The number of primary amides is 1. The number of fused-ring (bicyclic) bond motifs is 1. The van der Waals surface area contributed by atoms with Crippen molar-refractivity contribution in [2.75, 3.05) is 19.6 Å². The molecule has 7 heteroatoms. The molecule has 2 aromatic rings. The van der Waals surface area contributed by atoms with Gasteiger partial charge in [0.2, 0.25) is 5.91 Å². The lowest BCUT2D eigenvalue weighted by Gasteiger charge is -2.30. The molecule has 1 fully saturated rings. The number of nitrogens with zero attached hydrogens (tertiary/aromatic N) is 2. The zero-order valence-corrected chi connectivity index (χ0v) is 14.8. The maximum absolute atomic E-state index is 12.3. The van der Waals surface area contributed by atoms with Crippen molar-refractivity contribution in [3.63, 3.8) is 0 Å². The molecule has 1 aromatic heterocycles. The van der Waals surface area contributed by atoms with E-state index in [-0.39, 0.29) is 11.8 Å². The number of benzene rings is 1. The first-order valence-corrected chi connectivity index (χ1v) is 8.72. The molecule has 2 heterocycles. The minimum absolute atomic E-state index is 0.0197. The van der Waals surface area contributed by atoms with Crippen molar-refractivity contribution in [3.05, 3.63) is 29.1 Å². The van der Waals surface area contributed by atoms with Gasteiger partial charge in [-0.3, -0.25) is 4.79 Å². The second-order valence-electron chi connectivity index (χ2n) is 6.80. The molecule has 3 amide bonds. The number of nitrogens with one attached hydrogen (secondary N) is 2. The zero-order chi connectivity index (χ0) is 18.0. The quantitative estimate of drug-likeness (QED) is 0.786. The van der Waals surface area contributed by atoms with Gasteiger partial charge in [0.1, 0.15) is 5.82 Å². The average Bonchev–Trinajstić information content (AvgIpc) is 2.96. The number of piperidine rings is 1. The monoisotopic (exact) mass is 343 g/mol. The standard InChI is InChI=1S/C18H25N5O2/c1-11-8-14-15(9-12(11)2)22-16(21-14)5-6-20-17(24)13-4-3-7-23(10-13)18(19)25/h8-9,13H,3-7,10H2,1-2H3,(H2,19,25)(H,20,24)(H,21,22)/t13-/m0/s1. The van der Waals surface area contributed by atoms with E-state index in [1.54, 1.807) is 0 Å². The van der Waals surface area contributed by atoms with Gasteiger partial charge in [0.05, 0.1) is 17.0 Å². The van der Waals surface area contributed by atoms with Crippen LogP contribution in [0.1, 0.15) is 29.8 Å². The van der Waals surface area contributed by atoms with E-state index in [1.165, 1.54) is 16.0 Å². The molecule has 0 aliphatic carbocycles. The third-order valence-corrected chi connectivity index (χ3v) is 4.91. The number of carbonyl (C=O) groups is 2. The minimum Gasteiger partial charge on any atom is -0.355 e. The van der Waals surface area contributed by atoms with Crippen LogP contribution in [0, 0.1) is 19.8 Å². The van der Waals surface area contributed by atoms with Crippen molar-refractivity contribution in [2.45, 2.75) is 33.1 Å². The van der Waals surface area contributed by atoms with Crippen LogP contribution >= 0.6 is 0 Å². The van der Waals surface area contributed by atoms with E-state index in [9.17, 15) is 9.59 Å². The molecule has 1 atom stereocenters. The highest BCUT2D eigenvalue weighted by atomic mass is 16.2. The number of nitrogens with two attached hydrogens (primary N) is 1. The third-order valence-electron chi connectivity index (χ3n) is 4.91. The number of aromatic nitrogens is 2. The molecule has 4 N–H and O–H groups in total. The first kappa shape index (κ1) is 17.3. The van der Waals surface area contributed by atoms with Gasteiger partial charge >= 0.3 is 6.03 Å². The van der Waals surface area contributed by atoms with Crippen LogP contribution in [0.4, 0.5) is 4.79 Å². The van der Waals surface area contributed by atoms with Crippen LogP contribution in [0.15, 0.2) is 12.1 Å². The third kappa shape index (κ3) is 3.92. The minimum atomic E-state index is -0.453. The molecule has 7 nitrogen and oxygen atoms in total. The van der Waals surface area contributed by atoms with Crippen molar-refractivity contribution in [2.24, 2.45) is 11.7 Å². The summed E-state index contributed by atoms with van der Waals surface area (Å²) in [6.07, 6.45) is 2.24. The van der Waals surface area contributed by atoms with Crippen molar-refractivity contribution >= 4 is 23.0 Å². The summed E-state index contributed by atoms with van der Waals surface area (Å²) in [5.41, 5.74) is 9.73. The highest BCUT2D eigenvalue weighted by Gasteiger charge is 2.27. The van der Waals surface area contributed by atoms with Gasteiger partial charge in [0.25, 0.3) is 0 Å². The van der Waals surface area contributed by atoms with Crippen molar-refractivity contribution in [1.29, 1.82) is 0 Å². The Morgan fingerprint density at radius 3 is 2.88 bits per heavy atom. The van der Waals surface area contributed by atoms with Crippen molar-refractivity contribution in [3.8, 4) is 0 Å². The summed E-state index contributed by atoms with van der Waals surface area (Å²) in [6.45, 7) is 5.71. The van der Waals surface area contributed by atoms with Gasteiger partial charge < -0.3 is 20.9 Å². The molecule has 1 aromatic carbocycles. The number of carbonyl (C=O) groups excluding carboxylic acids is 2. The fourth-order valence-electron chi connectivity index (χ4n) is 3.28. The Bertz CT molecular complexity index is 759. The zero-order valence-electron chi connectivity index (χ0n) is 14.8. The van der Waals surface area contributed by atoms with Crippen molar-refractivity contribution < 1.29 is 9.59 Å². The lowest BCUT2D eigenvalue weighted by Crippen LogP contribution is -2.47. The Morgan fingerprint density at radius 1 is 1.36 bits per heavy atom. The van der Waals surface area contributed by atoms with Crippen LogP contribution in [0.25, 0.3) is 11.0 Å². The number of hydrogen-bond donors (Lipinski definition) is 3. The number of urea groups is 1. The van der Waals surface area contributed by atoms with E-state index in [2.05, 4.69) is 41.3 Å². The molecule has 0 spiro atoms. The van der Waals surface area contributed by atoms with Gasteiger partial charge in [-0.2, -0.15) is 0 Å². The van der Waals surface area contributed by atoms with Gasteiger partial charge in [0.15, 0.2) is 0 Å². The Kier molecular flexibility index (Phi) is 4.92. The second kappa shape index (κ2) is 7.13. The molecular formula is C18H25N5O2. The highest BCUT2D eigenvalue weighted by Crippen LogP contribution is 2.18. The molecule has 0 saturated carbocycles. The summed E-state index contributed by atoms with van der Waals surface area (Å²) in [4.78, 5) is 33.0. The normalized spacial score (nSPS) is 17.7. The maximum Gasteiger partial charge on any atom is 0.314 e. The summed E-state index contributed by atoms with van der Waals surface area (Å²) in [6, 6.07) is 3.72. The molecule has 0 bridgehead atoms. The summed E-state index contributed by atoms with van der Waals surface area (Å²) in [5, 5.41) is 2.95. The Morgan fingerprint density at radius 2 is 2.12 bits per heavy atom. The number of hydrogen-bond acceptors (Lipinski definition) is 3. The van der Waals surface area contributed by atoms with Gasteiger partial charge in [-0.25, -0.2) is 9.78 Å². The number of amides is 3. The second-order valence-corrected chi connectivity index (χ2v) is 6.80. The lowest BCUT2D eigenvalue weighted by atomic mass is 9.97. The van der Waals surface area contributed by atoms with Crippen LogP contribution in [0.5, 0.6) is 0 Å². The fourth-order valence-corrected chi connectivity index (χ4v) is 3.28. The summed E-state index contributed by atoms with van der Waals surface area (Å²) in [7, 11) is 0. The van der Waals surface area contributed by atoms with Crippen LogP contribution in [0.2, 0.25) is 0 Å². The van der Waals surface area contributed by atoms with E-state index in [4.69, 9.17) is 5.73 Å². The van der Waals surface area contributed by atoms with E-state index >= 15 is 0 Å². The van der Waals surface area contributed by atoms with Crippen molar-refractivity contribution in [1.82, 2.24) is 20.2 Å². The predicted molar refractivity (Wildman–Crippen MR) is 96.2 cm³/mol. The van der Waals surface area contributed by atoms with Crippen LogP contribution < -0.4 is 11.1 Å². The van der Waals surface area contributed by atoms with E-state index < -0.39 is 6.03 Å². The average molecular weight is 343 g/mol. The first-order chi connectivity index (χ1) is 11.9. The van der Waals surface area contributed by atoms with Crippen LogP contribution in [-0.2, 0) is 11.2 Å². The largest absolute Gasteiger partial charge is 0.355 e. The molecule has 25 heavy (non-hydrogen) atoms. The lowest BCUT2D eigenvalue weighted by molar-refractivity contribution is -0.126.